The van der Waals surface area contributed by atoms with Crippen LogP contribution in [-0.2, 0) is 0 Å². The molecule has 1 unspecified atom stereocenters. The molecule has 0 saturated carbocycles. The molecule has 25 heavy (non-hydrogen) atoms. The van der Waals surface area contributed by atoms with Gasteiger partial charge in [-0.2, -0.15) is 0 Å². The molecule has 1 N–H and O–H groups in total. The van der Waals surface area contributed by atoms with E-state index in [4.69, 9.17) is 14.2 Å². The van der Waals surface area contributed by atoms with Gasteiger partial charge in [0.2, 0.25) is 0 Å². The standard InChI is InChI=1S/C19H21NO5/c1-23-12-7-8-13-14(11-12)20(10-9-15(13)21)19(22)18-16(24-2)5-4-6-17(18)25-3/h4-8,11,15,21H,9-10H2,1-3H3. The number of benzene rings is 2. The van der Waals surface area contributed by atoms with Gasteiger partial charge in [0.25, 0.3) is 5.91 Å². The van der Waals surface area contributed by atoms with Gasteiger partial charge >= 0.3 is 0 Å². The molecule has 1 aliphatic heterocycles. The van der Waals surface area contributed by atoms with Crippen LogP contribution in [-0.4, -0.2) is 38.9 Å². The SMILES string of the molecule is COc1ccc2c(c1)N(C(=O)c1c(OC)cccc1OC)CCC2O. The number of carbonyl (C=O) groups is 1. The van der Waals surface area contributed by atoms with Crippen molar-refractivity contribution in [1.82, 2.24) is 0 Å². The van der Waals surface area contributed by atoms with Gasteiger partial charge in [-0.25, -0.2) is 0 Å². The van der Waals surface area contributed by atoms with Crippen molar-refractivity contribution in [2.75, 3.05) is 32.8 Å². The van der Waals surface area contributed by atoms with Crippen molar-refractivity contribution in [3.05, 3.63) is 47.5 Å². The predicted octanol–water partition coefficient (Wildman–Crippen LogP) is 2.80. The van der Waals surface area contributed by atoms with Crippen molar-refractivity contribution in [2.24, 2.45) is 0 Å². The highest BCUT2D eigenvalue weighted by molar-refractivity contribution is 6.10. The predicted molar refractivity (Wildman–Crippen MR) is 93.8 cm³/mol. The largest absolute Gasteiger partial charge is 0.497 e. The molecule has 0 radical (unpaired) electrons. The van der Waals surface area contributed by atoms with Crippen LogP contribution in [0, 0.1) is 0 Å². The lowest BCUT2D eigenvalue weighted by Crippen LogP contribution is -2.37. The maximum absolute atomic E-state index is 13.3. The quantitative estimate of drug-likeness (QED) is 0.924. The number of rotatable bonds is 4. The third-order valence-corrected chi connectivity index (χ3v) is 4.40. The molecule has 1 amide bonds. The molecule has 2 aromatic rings. The van der Waals surface area contributed by atoms with Crippen LogP contribution in [0.3, 0.4) is 0 Å². The van der Waals surface area contributed by atoms with Gasteiger partial charge in [0.05, 0.1) is 33.1 Å². The molecule has 0 spiro atoms. The van der Waals surface area contributed by atoms with E-state index in [0.29, 0.717) is 47.0 Å². The molecule has 2 aromatic carbocycles. The molecule has 0 fully saturated rings. The fraction of sp³-hybridized carbons (Fsp3) is 0.316. The van der Waals surface area contributed by atoms with Gasteiger partial charge in [-0.3, -0.25) is 4.79 Å². The second-order valence-corrected chi connectivity index (χ2v) is 5.72. The maximum atomic E-state index is 13.3. The summed E-state index contributed by atoms with van der Waals surface area (Å²) in [5.74, 6) is 1.27. The number of carbonyl (C=O) groups excluding carboxylic acids is 1. The fourth-order valence-electron chi connectivity index (χ4n) is 3.10. The van der Waals surface area contributed by atoms with Crippen molar-refractivity contribution in [2.45, 2.75) is 12.5 Å². The Bertz CT molecular complexity index is 767. The number of anilines is 1. The topological polar surface area (TPSA) is 68.2 Å². The summed E-state index contributed by atoms with van der Waals surface area (Å²) in [6, 6.07) is 10.5. The number of aliphatic hydroxyl groups excluding tert-OH is 1. The monoisotopic (exact) mass is 343 g/mol. The minimum atomic E-state index is -0.607. The molecule has 1 atom stereocenters. The summed E-state index contributed by atoms with van der Waals surface area (Å²) < 4.78 is 16.0. The second kappa shape index (κ2) is 7.03. The molecule has 0 aromatic heterocycles. The van der Waals surface area contributed by atoms with E-state index in [1.54, 1.807) is 48.4 Å². The van der Waals surface area contributed by atoms with Crippen LogP contribution < -0.4 is 19.1 Å². The molecular formula is C19H21NO5. The van der Waals surface area contributed by atoms with Gasteiger partial charge in [-0.05, 0) is 24.6 Å². The third kappa shape index (κ3) is 3.00. The van der Waals surface area contributed by atoms with Gasteiger partial charge in [0.15, 0.2) is 0 Å². The number of nitrogens with zero attached hydrogens (tertiary/aromatic N) is 1. The molecule has 3 rings (SSSR count). The van der Waals surface area contributed by atoms with Gasteiger partial charge in [-0.15, -0.1) is 0 Å². The van der Waals surface area contributed by atoms with E-state index in [-0.39, 0.29) is 5.91 Å². The van der Waals surface area contributed by atoms with Crippen LogP contribution in [0.5, 0.6) is 17.2 Å². The molecule has 0 bridgehead atoms. The first-order chi connectivity index (χ1) is 12.1. The summed E-state index contributed by atoms with van der Waals surface area (Å²) in [5.41, 5.74) is 1.70. The molecule has 1 heterocycles. The zero-order valence-electron chi connectivity index (χ0n) is 14.5. The number of hydrogen-bond donors (Lipinski definition) is 1. The number of hydrogen-bond acceptors (Lipinski definition) is 5. The average molecular weight is 343 g/mol. The van der Waals surface area contributed by atoms with Crippen molar-refractivity contribution < 1.29 is 24.1 Å². The molecule has 6 nitrogen and oxygen atoms in total. The van der Waals surface area contributed by atoms with Crippen molar-refractivity contribution >= 4 is 11.6 Å². The Morgan fingerprint density at radius 3 is 2.36 bits per heavy atom. The molecular weight excluding hydrogens is 322 g/mol. The average Bonchev–Trinajstić information content (AvgIpc) is 2.66. The van der Waals surface area contributed by atoms with Crippen molar-refractivity contribution in [3.8, 4) is 17.2 Å². The number of aliphatic hydroxyl groups is 1. The minimum absolute atomic E-state index is 0.240. The molecule has 0 saturated heterocycles. The Kier molecular flexibility index (Phi) is 4.81. The van der Waals surface area contributed by atoms with Crippen LogP contribution in [0.25, 0.3) is 0 Å². The fourth-order valence-corrected chi connectivity index (χ4v) is 3.10. The number of fused-ring (bicyclic) bond motifs is 1. The van der Waals surface area contributed by atoms with Crippen LogP contribution in [0.4, 0.5) is 5.69 Å². The van der Waals surface area contributed by atoms with Gasteiger partial charge in [0.1, 0.15) is 22.8 Å². The van der Waals surface area contributed by atoms with E-state index in [0.717, 1.165) is 0 Å². The molecule has 6 heteroatoms. The van der Waals surface area contributed by atoms with E-state index in [2.05, 4.69) is 0 Å². The highest BCUT2D eigenvalue weighted by atomic mass is 16.5. The summed E-state index contributed by atoms with van der Waals surface area (Å²) in [7, 11) is 4.60. The molecule has 132 valence electrons. The molecule has 1 aliphatic rings. The van der Waals surface area contributed by atoms with E-state index >= 15 is 0 Å². The van der Waals surface area contributed by atoms with E-state index in [9.17, 15) is 9.90 Å². The van der Waals surface area contributed by atoms with Gasteiger partial charge in [0, 0.05) is 18.2 Å². The third-order valence-electron chi connectivity index (χ3n) is 4.40. The van der Waals surface area contributed by atoms with Gasteiger partial charge < -0.3 is 24.2 Å². The summed E-state index contributed by atoms with van der Waals surface area (Å²) in [6.45, 7) is 0.390. The highest BCUT2D eigenvalue weighted by Gasteiger charge is 2.31. The van der Waals surface area contributed by atoms with E-state index in [1.165, 1.54) is 14.2 Å². The van der Waals surface area contributed by atoms with E-state index < -0.39 is 6.10 Å². The Morgan fingerprint density at radius 1 is 1.08 bits per heavy atom. The lowest BCUT2D eigenvalue weighted by atomic mass is 9.97. The van der Waals surface area contributed by atoms with Crippen molar-refractivity contribution in [1.29, 1.82) is 0 Å². The highest BCUT2D eigenvalue weighted by Crippen LogP contribution is 2.39. The number of amides is 1. The van der Waals surface area contributed by atoms with E-state index in [1.807, 2.05) is 0 Å². The lowest BCUT2D eigenvalue weighted by molar-refractivity contribution is 0.0964. The number of ether oxygens (including phenoxy) is 3. The lowest BCUT2D eigenvalue weighted by Gasteiger charge is -2.33. The van der Waals surface area contributed by atoms with Crippen LogP contribution in [0.2, 0.25) is 0 Å². The Hall–Kier alpha value is -2.73. The Balaban J connectivity index is 2.10. The summed E-state index contributed by atoms with van der Waals surface area (Å²) in [6.07, 6.45) is -0.146. The summed E-state index contributed by atoms with van der Waals surface area (Å²) in [5, 5.41) is 10.3. The zero-order chi connectivity index (χ0) is 18.0. The Morgan fingerprint density at radius 2 is 1.76 bits per heavy atom. The van der Waals surface area contributed by atoms with Crippen LogP contribution in [0.1, 0.15) is 28.4 Å². The second-order valence-electron chi connectivity index (χ2n) is 5.72. The smallest absolute Gasteiger partial charge is 0.265 e. The first kappa shape index (κ1) is 17.1. The summed E-state index contributed by atoms with van der Waals surface area (Å²) >= 11 is 0. The summed E-state index contributed by atoms with van der Waals surface area (Å²) in [4.78, 5) is 14.9. The maximum Gasteiger partial charge on any atom is 0.265 e. The first-order valence-electron chi connectivity index (χ1n) is 7.99. The zero-order valence-corrected chi connectivity index (χ0v) is 14.5. The number of methoxy groups -OCH3 is 3. The molecule has 0 aliphatic carbocycles. The van der Waals surface area contributed by atoms with Crippen molar-refractivity contribution in [3.63, 3.8) is 0 Å². The minimum Gasteiger partial charge on any atom is -0.497 e. The first-order valence-corrected chi connectivity index (χ1v) is 7.99. The Labute approximate surface area is 146 Å². The van der Waals surface area contributed by atoms with Gasteiger partial charge in [-0.1, -0.05) is 12.1 Å². The van der Waals surface area contributed by atoms with Crippen LogP contribution in [0.15, 0.2) is 36.4 Å². The van der Waals surface area contributed by atoms with Crippen LogP contribution >= 0.6 is 0 Å². The normalized spacial score (nSPS) is 16.2.